The van der Waals surface area contributed by atoms with Crippen LogP contribution in [0.3, 0.4) is 0 Å². The molecule has 1 N–H and O–H groups in total. The molecule has 0 bridgehead atoms. The summed E-state index contributed by atoms with van der Waals surface area (Å²) in [6.45, 7) is 16.2. The summed E-state index contributed by atoms with van der Waals surface area (Å²) in [5, 5.41) is 12.0. The molecule has 0 aliphatic rings. The van der Waals surface area contributed by atoms with Crippen molar-refractivity contribution in [3.05, 3.63) is 11.9 Å². The topological polar surface area (TPSA) is 59.8 Å². The third-order valence-electron chi connectivity index (χ3n) is 4.96. The van der Waals surface area contributed by atoms with Crippen LogP contribution in [0.15, 0.2) is 6.20 Å². The first-order valence-corrected chi connectivity index (χ1v) is 8.93. The number of thiol groups is 1. The van der Waals surface area contributed by atoms with Crippen LogP contribution < -0.4 is 5.32 Å². The van der Waals surface area contributed by atoms with Gasteiger partial charge in [-0.25, -0.2) is 4.68 Å². The fourth-order valence-electron chi connectivity index (χ4n) is 3.13. The molecule has 0 radical (unpaired) electrons. The Morgan fingerprint density at radius 2 is 1.71 bits per heavy atom. The fourth-order valence-corrected chi connectivity index (χ4v) is 3.63. The van der Waals surface area contributed by atoms with Gasteiger partial charge in [0.2, 0.25) is 0 Å². The standard InChI is InChI=1S/C18H34N4OS/c1-13(23)15(2,3)11-18(8,24)14-10-22(21-20-14)17(6,7)12-16(4,5)19-9/h10,19,24H,11-12H2,1-9H3. The minimum Gasteiger partial charge on any atom is -0.315 e. The Morgan fingerprint density at radius 3 is 2.17 bits per heavy atom. The van der Waals surface area contributed by atoms with E-state index in [-0.39, 0.29) is 16.9 Å². The number of carbonyl (C=O) groups is 1. The zero-order valence-corrected chi connectivity index (χ0v) is 17.6. The van der Waals surface area contributed by atoms with E-state index in [4.69, 9.17) is 12.6 Å². The van der Waals surface area contributed by atoms with Crippen molar-refractivity contribution in [2.45, 2.75) is 84.1 Å². The second-order valence-corrected chi connectivity index (χ2v) is 10.0. The van der Waals surface area contributed by atoms with Gasteiger partial charge in [0.05, 0.1) is 22.2 Å². The average molecular weight is 355 g/mol. The summed E-state index contributed by atoms with van der Waals surface area (Å²) in [6, 6.07) is 0. The van der Waals surface area contributed by atoms with E-state index >= 15 is 0 Å². The van der Waals surface area contributed by atoms with Crippen molar-refractivity contribution in [3.8, 4) is 0 Å². The minimum absolute atomic E-state index is 0.00347. The van der Waals surface area contributed by atoms with E-state index in [1.54, 1.807) is 6.92 Å². The van der Waals surface area contributed by atoms with Crippen LogP contribution in [0, 0.1) is 5.41 Å². The third kappa shape index (κ3) is 5.06. The van der Waals surface area contributed by atoms with Crippen molar-refractivity contribution in [1.29, 1.82) is 0 Å². The Kier molecular flexibility index (Phi) is 5.99. The van der Waals surface area contributed by atoms with Crippen molar-refractivity contribution in [2.75, 3.05) is 7.05 Å². The first-order valence-electron chi connectivity index (χ1n) is 8.49. The summed E-state index contributed by atoms with van der Waals surface area (Å²) >= 11 is 4.80. The van der Waals surface area contributed by atoms with Crippen LogP contribution in [0.4, 0.5) is 0 Å². The highest BCUT2D eigenvalue weighted by Crippen LogP contribution is 2.40. The van der Waals surface area contributed by atoms with Crippen LogP contribution in [-0.2, 0) is 15.1 Å². The number of aromatic nitrogens is 3. The molecule has 5 nitrogen and oxygen atoms in total. The SMILES string of the molecule is CNC(C)(C)CC(C)(C)n1cc(C(C)(S)CC(C)(C)C(C)=O)nn1. The summed E-state index contributed by atoms with van der Waals surface area (Å²) in [6.07, 6.45) is 3.48. The average Bonchev–Trinajstić information content (AvgIpc) is 2.87. The summed E-state index contributed by atoms with van der Waals surface area (Å²) in [5.74, 6) is 0.159. The zero-order valence-electron chi connectivity index (χ0n) is 16.7. The molecule has 0 aromatic carbocycles. The largest absolute Gasteiger partial charge is 0.315 e. The van der Waals surface area contributed by atoms with Crippen LogP contribution in [0.2, 0.25) is 0 Å². The molecule has 1 atom stereocenters. The molecule has 1 rings (SSSR count). The Labute approximate surface area is 152 Å². The maximum atomic E-state index is 11.8. The predicted octanol–water partition coefficient (Wildman–Crippen LogP) is 3.55. The molecule has 1 aromatic rings. The minimum atomic E-state index is -0.512. The second kappa shape index (κ2) is 6.79. The summed E-state index contributed by atoms with van der Waals surface area (Å²) in [7, 11) is 1.97. The van der Waals surface area contributed by atoms with Crippen molar-refractivity contribution < 1.29 is 4.79 Å². The Morgan fingerprint density at radius 1 is 1.17 bits per heavy atom. The van der Waals surface area contributed by atoms with E-state index < -0.39 is 10.2 Å². The molecule has 6 heteroatoms. The lowest BCUT2D eigenvalue weighted by Gasteiger charge is -2.35. The molecular weight excluding hydrogens is 320 g/mol. The van der Waals surface area contributed by atoms with E-state index in [0.29, 0.717) is 6.42 Å². The van der Waals surface area contributed by atoms with Crippen molar-refractivity contribution in [2.24, 2.45) is 5.41 Å². The molecule has 0 fully saturated rings. The lowest BCUT2D eigenvalue weighted by molar-refractivity contribution is -0.125. The van der Waals surface area contributed by atoms with Gasteiger partial charge in [0.1, 0.15) is 5.78 Å². The van der Waals surface area contributed by atoms with Gasteiger partial charge >= 0.3 is 0 Å². The number of rotatable bonds is 8. The van der Waals surface area contributed by atoms with Gasteiger partial charge in [-0.2, -0.15) is 12.6 Å². The van der Waals surface area contributed by atoms with Crippen LogP contribution in [-0.4, -0.2) is 33.4 Å². The van der Waals surface area contributed by atoms with Crippen LogP contribution in [0.1, 0.15) is 73.9 Å². The molecule has 0 spiro atoms. The van der Waals surface area contributed by atoms with E-state index in [0.717, 1.165) is 12.1 Å². The molecular formula is C18H34N4OS. The van der Waals surface area contributed by atoms with Crippen molar-refractivity contribution >= 4 is 18.4 Å². The van der Waals surface area contributed by atoms with E-state index in [1.165, 1.54) is 0 Å². The number of ketones is 1. The Bertz CT molecular complexity index is 588. The second-order valence-electron chi connectivity index (χ2n) is 9.06. The predicted molar refractivity (Wildman–Crippen MR) is 103 cm³/mol. The van der Waals surface area contributed by atoms with Gasteiger partial charge in [-0.15, -0.1) is 5.10 Å². The van der Waals surface area contributed by atoms with Crippen LogP contribution >= 0.6 is 12.6 Å². The van der Waals surface area contributed by atoms with Gasteiger partial charge < -0.3 is 5.32 Å². The van der Waals surface area contributed by atoms with Gasteiger partial charge in [0, 0.05) is 11.0 Å². The van der Waals surface area contributed by atoms with E-state index in [1.807, 2.05) is 38.7 Å². The molecule has 0 amide bonds. The molecule has 0 aliphatic heterocycles. The Hall–Kier alpha value is -0.880. The summed E-state index contributed by atoms with van der Waals surface area (Å²) in [5.41, 5.74) is 0.175. The maximum Gasteiger partial charge on any atom is 0.135 e. The molecule has 0 saturated heterocycles. The number of hydrogen-bond donors (Lipinski definition) is 2. The lowest BCUT2D eigenvalue weighted by Crippen LogP contribution is -2.44. The molecule has 24 heavy (non-hydrogen) atoms. The highest BCUT2D eigenvalue weighted by molar-refractivity contribution is 7.81. The van der Waals surface area contributed by atoms with Gasteiger partial charge in [-0.1, -0.05) is 19.1 Å². The van der Waals surface area contributed by atoms with Crippen LogP contribution in [0.5, 0.6) is 0 Å². The van der Waals surface area contributed by atoms with Gasteiger partial charge in [0.25, 0.3) is 0 Å². The summed E-state index contributed by atoms with van der Waals surface area (Å²) < 4.78 is 1.40. The van der Waals surface area contributed by atoms with Crippen LogP contribution in [0.25, 0.3) is 0 Å². The van der Waals surface area contributed by atoms with E-state index in [9.17, 15) is 4.79 Å². The number of hydrogen-bond acceptors (Lipinski definition) is 5. The first-order chi connectivity index (χ1) is 10.6. The molecule has 0 aliphatic carbocycles. The number of Topliss-reactive ketones (excluding diaryl/α,β-unsaturated/α-hetero) is 1. The highest BCUT2D eigenvalue weighted by atomic mass is 32.1. The third-order valence-corrected chi connectivity index (χ3v) is 5.34. The lowest BCUT2D eigenvalue weighted by atomic mass is 9.79. The number of nitrogens with zero attached hydrogens (tertiary/aromatic N) is 3. The smallest absolute Gasteiger partial charge is 0.135 e. The molecule has 1 unspecified atom stereocenters. The monoisotopic (exact) mass is 354 g/mol. The number of carbonyl (C=O) groups excluding carboxylic acids is 1. The summed E-state index contributed by atoms with van der Waals surface area (Å²) in [4.78, 5) is 11.8. The van der Waals surface area contributed by atoms with Crippen molar-refractivity contribution in [1.82, 2.24) is 20.3 Å². The van der Waals surface area contributed by atoms with Crippen molar-refractivity contribution in [3.63, 3.8) is 0 Å². The quantitative estimate of drug-likeness (QED) is 0.701. The normalized spacial score (nSPS) is 16.1. The Balaban J connectivity index is 3.05. The zero-order chi connectivity index (χ0) is 19.0. The first kappa shape index (κ1) is 21.2. The molecule has 1 heterocycles. The molecule has 138 valence electrons. The molecule has 0 saturated carbocycles. The maximum absolute atomic E-state index is 11.8. The van der Waals surface area contributed by atoms with E-state index in [2.05, 4.69) is 43.3 Å². The van der Waals surface area contributed by atoms with Gasteiger partial charge in [0.15, 0.2) is 0 Å². The van der Waals surface area contributed by atoms with Gasteiger partial charge in [-0.3, -0.25) is 4.79 Å². The fraction of sp³-hybridized carbons (Fsp3) is 0.833. The number of nitrogens with one attached hydrogen (secondary N) is 1. The van der Waals surface area contributed by atoms with Gasteiger partial charge in [-0.05, 0) is 61.4 Å². The highest BCUT2D eigenvalue weighted by Gasteiger charge is 2.37. The molecule has 1 aromatic heterocycles.